The van der Waals surface area contributed by atoms with Crippen molar-refractivity contribution in [3.05, 3.63) is 71.8 Å². The Bertz CT molecular complexity index is 492. The third kappa shape index (κ3) is 3.95. The van der Waals surface area contributed by atoms with Crippen LogP contribution in [0.4, 0.5) is 0 Å². The minimum Gasteiger partial charge on any atom is -0.463 e. The van der Waals surface area contributed by atoms with Crippen LogP contribution >= 0.6 is 0 Å². The summed E-state index contributed by atoms with van der Waals surface area (Å²) in [6.45, 7) is 3.75. The molecule has 0 radical (unpaired) electrons. The molecule has 0 unspecified atom stereocenters. The first-order valence-corrected chi connectivity index (χ1v) is 6.96. The van der Waals surface area contributed by atoms with Gasteiger partial charge >= 0.3 is 5.97 Å². The summed E-state index contributed by atoms with van der Waals surface area (Å²) >= 11 is 0. The topological polar surface area (TPSA) is 26.3 Å². The molecule has 0 saturated heterocycles. The van der Waals surface area contributed by atoms with Crippen LogP contribution in [-0.2, 0) is 9.53 Å². The first-order chi connectivity index (χ1) is 9.66. The lowest BCUT2D eigenvalue weighted by Crippen LogP contribution is -2.15. The SMILES string of the molecule is CC(C)OC(=O)CC(c1ccccc1)c1ccccc1. The molecule has 0 amide bonds. The van der Waals surface area contributed by atoms with E-state index in [4.69, 9.17) is 4.74 Å². The van der Waals surface area contributed by atoms with E-state index in [1.54, 1.807) is 0 Å². The van der Waals surface area contributed by atoms with Gasteiger partial charge in [0, 0.05) is 5.92 Å². The highest BCUT2D eigenvalue weighted by Gasteiger charge is 2.19. The van der Waals surface area contributed by atoms with Crippen LogP contribution in [0.1, 0.15) is 37.3 Å². The lowest BCUT2D eigenvalue weighted by Gasteiger charge is -2.18. The Morgan fingerprint density at radius 2 is 1.35 bits per heavy atom. The number of esters is 1. The number of ether oxygens (including phenoxy) is 1. The average Bonchev–Trinajstić information content (AvgIpc) is 2.46. The van der Waals surface area contributed by atoms with Crippen molar-refractivity contribution in [1.29, 1.82) is 0 Å². The van der Waals surface area contributed by atoms with E-state index in [9.17, 15) is 4.79 Å². The Hall–Kier alpha value is -2.09. The number of hydrogen-bond donors (Lipinski definition) is 0. The van der Waals surface area contributed by atoms with Gasteiger partial charge in [0.25, 0.3) is 0 Å². The van der Waals surface area contributed by atoms with Gasteiger partial charge in [-0.3, -0.25) is 4.79 Å². The zero-order valence-electron chi connectivity index (χ0n) is 12.0. The summed E-state index contributed by atoms with van der Waals surface area (Å²) in [5, 5.41) is 0. The Morgan fingerprint density at radius 3 is 1.75 bits per heavy atom. The maximum atomic E-state index is 12.0. The zero-order valence-corrected chi connectivity index (χ0v) is 12.0. The standard InChI is InChI=1S/C18H20O2/c1-14(2)20-18(19)13-17(15-9-5-3-6-10-15)16-11-7-4-8-12-16/h3-12,14,17H,13H2,1-2H3. The van der Waals surface area contributed by atoms with Crippen LogP contribution < -0.4 is 0 Å². The molecule has 0 spiro atoms. The average molecular weight is 268 g/mol. The molecule has 0 aliphatic heterocycles. The fourth-order valence-corrected chi connectivity index (χ4v) is 2.28. The van der Waals surface area contributed by atoms with Crippen molar-refractivity contribution in [3.63, 3.8) is 0 Å². The summed E-state index contributed by atoms with van der Waals surface area (Å²) in [5.41, 5.74) is 2.28. The predicted molar refractivity (Wildman–Crippen MR) is 80.6 cm³/mol. The largest absolute Gasteiger partial charge is 0.463 e. The van der Waals surface area contributed by atoms with Crippen LogP contribution in [-0.4, -0.2) is 12.1 Å². The van der Waals surface area contributed by atoms with Crippen molar-refractivity contribution in [1.82, 2.24) is 0 Å². The van der Waals surface area contributed by atoms with E-state index in [2.05, 4.69) is 24.3 Å². The summed E-state index contributed by atoms with van der Waals surface area (Å²) in [6.07, 6.45) is 0.293. The Balaban J connectivity index is 2.24. The molecule has 2 aromatic rings. The molecule has 0 fully saturated rings. The van der Waals surface area contributed by atoms with Crippen LogP contribution in [0.2, 0.25) is 0 Å². The van der Waals surface area contributed by atoms with E-state index < -0.39 is 0 Å². The molecular formula is C18H20O2. The maximum Gasteiger partial charge on any atom is 0.306 e. The van der Waals surface area contributed by atoms with Crippen molar-refractivity contribution < 1.29 is 9.53 Å². The fraction of sp³-hybridized carbons (Fsp3) is 0.278. The first-order valence-electron chi connectivity index (χ1n) is 6.96. The zero-order chi connectivity index (χ0) is 14.4. The predicted octanol–water partition coefficient (Wildman–Crippen LogP) is 4.16. The summed E-state index contributed by atoms with van der Waals surface area (Å²) < 4.78 is 5.28. The number of hydrogen-bond acceptors (Lipinski definition) is 2. The molecule has 2 rings (SSSR count). The highest BCUT2D eigenvalue weighted by atomic mass is 16.5. The molecule has 2 nitrogen and oxygen atoms in total. The van der Waals surface area contributed by atoms with Gasteiger partial charge in [0.2, 0.25) is 0 Å². The van der Waals surface area contributed by atoms with Gasteiger partial charge in [-0.25, -0.2) is 0 Å². The third-order valence-corrected chi connectivity index (χ3v) is 3.14. The number of carbonyl (C=O) groups excluding carboxylic acids is 1. The minimum absolute atomic E-state index is 0.0450. The van der Waals surface area contributed by atoms with Crippen LogP contribution in [0.15, 0.2) is 60.7 Å². The quantitative estimate of drug-likeness (QED) is 0.761. The fourth-order valence-electron chi connectivity index (χ4n) is 2.28. The number of carbonyl (C=O) groups is 1. The molecule has 0 aliphatic carbocycles. The van der Waals surface area contributed by atoms with Gasteiger partial charge in [-0.05, 0) is 25.0 Å². The number of benzene rings is 2. The Morgan fingerprint density at radius 1 is 0.900 bits per heavy atom. The highest BCUT2D eigenvalue weighted by Crippen LogP contribution is 2.28. The van der Waals surface area contributed by atoms with Gasteiger partial charge in [0.05, 0.1) is 12.5 Å². The molecule has 2 aromatic carbocycles. The van der Waals surface area contributed by atoms with Crippen molar-refractivity contribution in [2.45, 2.75) is 32.3 Å². The van der Waals surface area contributed by atoms with Crippen molar-refractivity contribution in [2.24, 2.45) is 0 Å². The van der Waals surface area contributed by atoms with Gasteiger partial charge in [-0.2, -0.15) is 0 Å². The molecule has 0 heterocycles. The van der Waals surface area contributed by atoms with Crippen molar-refractivity contribution in [3.8, 4) is 0 Å². The molecule has 0 saturated carbocycles. The van der Waals surface area contributed by atoms with Crippen LogP contribution in [0.25, 0.3) is 0 Å². The van der Waals surface area contributed by atoms with Gasteiger partial charge in [0.1, 0.15) is 0 Å². The summed E-state index contributed by atoms with van der Waals surface area (Å²) in [4.78, 5) is 12.0. The monoisotopic (exact) mass is 268 g/mol. The summed E-state index contributed by atoms with van der Waals surface area (Å²) in [5.74, 6) is -0.110. The Kier molecular flexibility index (Phi) is 4.94. The van der Waals surface area contributed by atoms with Gasteiger partial charge in [0.15, 0.2) is 0 Å². The summed E-state index contributed by atoms with van der Waals surface area (Å²) in [6, 6.07) is 20.2. The van der Waals surface area contributed by atoms with Gasteiger partial charge in [-0.1, -0.05) is 60.7 Å². The second kappa shape index (κ2) is 6.90. The van der Waals surface area contributed by atoms with E-state index in [0.717, 1.165) is 11.1 Å². The van der Waals surface area contributed by atoms with Crippen LogP contribution in [0.3, 0.4) is 0 Å². The third-order valence-electron chi connectivity index (χ3n) is 3.14. The van der Waals surface area contributed by atoms with E-state index in [1.807, 2.05) is 50.2 Å². The van der Waals surface area contributed by atoms with Crippen molar-refractivity contribution in [2.75, 3.05) is 0 Å². The molecule has 2 heteroatoms. The lowest BCUT2D eigenvalue weighted by atomic mass is 9.88. The minimum atomic E-state index is -0.155. The van der Waals surface area contributed by atoms with Gasteiger partial charge in [-0.15, -0.1) is 0 Å². The number of rotatable bonds is 5. The molecule has 20 heavy (non-hydrogen) atoms. The molecular weight excluding hydrogens is 248 g/mol. The molecule has 104 valence electrons. The van der Waals surface area contributed by atoms with E-state index in [-0.39, 0.29) is 18.0 Å². The van der Waals surface area contributed by atoms with E-state index >= 15 is 0 Å². The van der Waals surface area contributed by atoms with Crippen LogP contribution in [0.5, 0.6) is 0 Å². The van der Waals surface area contributed by atoms with Crippen LogP contribution in [0, 0.1) is 0 Å². The Labute approximate surface area is 120 Å². The smallest absolute Gasteiger partial charge is 0.306 e. The normalized spacial score (nSPS) is 10.8. The molecule has 0 aromatic heterocycles. The lowest BCUT2D eigenvalue weighted by molar-refractivity contribution is -0.147. The molecule has 0 atom stereocenters. The molecule has 0 bridgehead atoms. The highest BCUT2D eigenvalue weighted by molar-refractivity contribution is 5.71. The second-order valence-electron chi connectivity index (χ2n) is 5.12. The maximum absolute atomic E-state index is 12.0. The first kappa shape index (κ1) is 14.3. The van der Waals surface area contributed by atoms with Gasteiger partial charge < -0.3 is 4.74 Å². The molecule has 0 N–H and O–H groups in total. The van der Waals surface area contributed by atoms with Crippen molar-refractivity contribution >= 4 is 5.97 Å². The van der Waals surface area contributed by atoms with E-state index in [1.165, 1.54) is 0 Å². The summed E-state index contributed by atoms with van der Waals surface area (Å²) in [7, 11) is 0. The second-order valence-corrected chi connectivity index (χ2v) is 5.12. The molecule has 0 aliphatic rings. The van der Waals surface area contributed by atoms with E-state index in [0.29, 0.717) is 6.42 Å².